The smallest absolute Gasteiger partial charge is 0.257 e. The van der Waals surface area contributed by atoms with Crippen molar-refractivity contribution in [3.05, 3.63) is 89.5 Å². The van der Waals surface area contributed by atoms with Gasteiger partial charge in [-0.3, -0.25) is 0 Å². The second-order valence-electron chi connectivity index (χ2n) is 7.39. The maximum atomic E-state index is 9.48. The van der Waals surface area contributed by atoms with Gasteiger partial charge in [0.25, 0.3) is 5.96 Å². The molecule has 0 atom stereocenters. The van der Waals surface area contributed by atoms with Crippen molar-refractivity contribution in [1.29, 1.82) is 0 Å². The van der Waals surface area contributed by atoms with E-state index in [0.717, 1.165) is 16.7 Å². The standard InChI is InChI=1S/C25H26N6O3/c1-16(19-4-10-22(32)11-5-19)26-29-25(30-27-17(2)20-6-12-23(33)13-7-20)31-28-18(3)21-8-14-24(34)15-9-21/h4-15,32-34H,1-3H3,(H2,29,30,31)/b26-16-,27-17-,28-18-. The number of guanidine groups is 1. The highest BCUT2D eigenvalue weighted by atomic mass is 16.3. The second-order valence-corrected chi connectivity index (χ2v) is 7.39. The maximum Gasteiger partial charge on any atom is 0.257 e. The number of phenols is 3. The van der Waals surface area contributed by atoms with Crippen LogP contribution < -0.4 is 10.9 Å². The summed E-state index contributed by atoms with van der Waals surface area (Å²) in [6.45, 7) is 5.42. The van der Waals surface area contributed by atoms with E-state index in [-0.39, 0.29) is 23.2 Å². The van der Waals surface area contributed by atoms with Crippen LogP contribution in [0.5, 0.6) is 17.2 Å². The van der Waals surface area contributed by atoms with Gasteiger partial charge in [-0.1, -0.05) is 0 Å². The Morgan fingerprint density at radius 1 is 0.500 bits per heavy atom. The summed E-state index contributed by atoms with van der Waals surface area (Å²) in [7, 11) is 0. The van der Waals surface area contributed by atoms with Gasteiger partial charge in [0.2, 0.25) is 0 Å². The Labute approximate surface area is 197 Å². The van der Waals surface area contributed by atoms with E-state index >= 15 is 0 Å². The zero-order chi connectivity index (χ0) is 24.5. The van der Waals surface area contributed by atoms with Crippen molar-refractivity contribution < 1.29 is 15.3 Å². The third-order valence-electron chi connectivity index (χ3n) is 4.81. The number of hydrogen-bond acceptors (Lipinski definition) is 7. The molecule has 3 aromatic rings. The molecule has 0 saturated carbocycles. The van der Waals surface area contributed by atoms with Crippen LogP contribution in [0.15, 0.2) is 93.2 Å². The van der Waals surface area contributed by atoms with E-state index in [1.165, 1.54) is 0 Å². The lowest BCUT2D eigenvalue weighted by Crippen LogP contribution is -2.32. The molecule has 0 spiro atoms. The van der Waals surface area contributed by atoms with Gasteiger partial charge in [0.05, 0.1) is 17.1 Å². The monoisotopic (exact) mass is 458 g/mol. The lowest BCUT2D eigenvalue weighted by Gasteiger charge is -2.07. The second kappa shape index (κ2) is 11.3. The molecule has 3 aromatic carbocycles. The zero-order valence-electron chi connectivity index (χ0n) is 19.1. The van der Waals surface area contributed by atoms with E-state index in [1.54, 1.807) is 79.7 Å². The van der Waals surface area contributed by atoms with Crippen LogP contribution in [0.25, 0.3) is 0 Å². The first kappa shape index (κ1) is 24.0. The molecule has 0 fully saturated rings. The molecule has 9 nitrogen and oxygen atoms in total. The van der Waals surface area contributed by atoms with Gasteiger partial charge in [-0.2, -0.15) is 15.3 Å². The first-order valence-corrected chi connectivity index (χ1v) is 10.4. The van der Waals surface area contributed by atoms with E-state index < -0.39 is 0 Å². The normalized spacial score (nSPS) is 12.3. The van der Waals surface area contributed by atoms with E-state index in [0.29, 0.717) is 17.1 Å². The summed E-state index contributed by atoms with van der Waals surface area (Å²) >= 11 is 0. The summed E-state index contributed by atoms with van der Waals surface area (Å²) in [6.07, 6.45) is 0. The minimum absolute atomic E-state index is 0.169. The molecule has 0 aliphatic heterocycles. The highest BCUT2D eigenvalue weighted by Crippen LogP contribution is 2.12. The average molecular weight is 459 g/mol. The molecule has 34 heavy (non-hydrogen) atoms. The third-order valence-corrected chi connectivity index (χ3v) is 4.81. The van der Waals surface area contributed by atoms with Crippen molar-refractivity contribution in [3.8, 4) is 17.2 Å². The lowest BCUT2D eigenvalue weighted by atomic mass is 10.1. The van der Waals surface area contributed by atoms with Gasteiger partial charge < -0.3 is 15.3 Å². The number of aromatic hydroxyl groups is 3. The molecule has 5 N–H and O–H groups in total. The van der Waals surface area contributed by atoms with Crippen molar-refractivity contribution in [2.24, 2.45) is 20.4 Å². The number of benzene rings is 3. The molecular formula is C25H26N6O3. The zero-order valence-corrected chi connectivity index (χ0v) is 19.1. The minimum atomic E-state index is 0.169. The molecule has 0 aromatic heterocycles. The number of hydrogen-bond donors (Lipinski definition) is 5. The maximum absolute atomic E-state index is 9.48. The Kier molecular flexibility index (Phi) is 7.96. The Balaban J connectivity index is 1.84. The molecule has 0 heterocycles. The molecule has 9 heteroatoms. The molecular weight excluding hydrogens is 432 g/mol. The number of hydrazone groups is 2. The van der Waals surface area contributed by atoms with Gasteiger partial charge in [0, 0.05) is 0 Å². The van der Waals surface area contributed by atoms with Crippen LogP contribution in [0.3, 0.4) is 0 Å². The molecule has 174 valence electrons. The minimum Gasteiger partial charge on any atom is -0.508 e. The fourth-order valence-corrected chi connectivity index (χ4v) is 2.76. The SMILES string of the molecule is C/C(=N/N=C(N/N=C(/C)c1ccc(O)cc1)N/N=C(/C)c1ccc(O)cc1)c1ccc(O)cc1. The fraction of sp³-hybridized carbons (Fsp3) is 0.120. The van der Waals surface area contributed by atoms with Crippen LogP contribution in [0.1, 0.15) is 37.5 Å². The largest absolute Gasteiger partial charge is 0.508 e. The molecule has 0 radical (unpaired) electrons. The van der Waals surface area contributed by atoms with Crippen LogP contribution in [-0.4, -0.2) is 38.4 Å². The Bertz CT molecular complexity index is 1160. The van der Waals surface area contributed by atoms with Crippen LogP contribution in [0.2, 0.25) is 0 Å². The van der Waals surface area contributed by atoms with Gasteiger partial charge in [0.1, 0.15) is 17.2 Å². The summed E-state index contributed by atoms with van der Waals surface area (Å²) in [5.74, 6) is 0.689. The summed E-state index contributed by atoms with van der Waals surface area (Å²) in [5, 5.41) is 45.6. The first-order chi connectivity index (χ1) is 16.3. The van der Waals surface area contributed by atoms with Gasteiger partial charge in [-0.15, -0.1) is 5.10 Å². The molecule has 0 amide bonds. The summed E-state index contributed by atoms with van der Waals surface area (Å²) in [4.78, 5) is 0. The van der Waals surface area contributed by atoms with Crippen LogP contribution in [-0.2, 0) is 0 Å². The topological polar surface area (TPSA) is 134 Å². The number of phenolic OH excluding ortho intramolecular Hbond substituents is 3. The molecule has 0 bridgehead atoms. The van der Waals surface area contributed by atoms with Crippen molar-refractivity contribution >= 4 is 23.1 Å². The summed E-state index contributed by atoms with van der Waals surface area (Å²) in [6, 6.07) is 20.0. The van der Waals surface area contributed by atoms with Crippen LogP contribution in [0, 0.1) is 0 Å². The average Bonchev–Trinajstić information content (AvgIpc) is 2.84. The van der Waals surface area contributed by atoms with Crippen LogP contribution >= 0.6 is 0 Å². The highest BCUT2D eigenvalue weighted by molar-refractivity contribution is 6.01. The van der Waals surface area contributed by atoms with E-state index in [2.05, 4.69) is 31.3 Å². The van der Waals surface area contributed by atoms with Crippen molar-refractivity contribution in [2.45, 2.75) is 20.8 Å². The van der Waals surface area contributed by atoms with Crippen molar-refractivity contribution in [1.82, 2.24) is 10.9 Å². The van der Waals surface area contributed by atoms with E-state index in [1.807, 2.05) is 13.8 Å². The van der Waals surface area contributed by atoms with E-state index in [9.17, 15) is 15.3 Å². The number of nitrogens with zero attached hydrogens (tertiary/aromatic N) is 4. The van der Waals surface area contributed by atoms with Gasteiger partial charge in [-0.05, 0) is 110 Å². The Hall–Kier alpha value is -4.66. The summed E-state index contributed by atoms with van der Waals surface area (Å²) < 4.78 is 0. The predicted molar refractivity (Wildman–Crippen MR) is 135 cm³/mol. The summed E-state index contributed by atoms with van der Waals surface area (Å²) in [5.41, 5.74) is 10.0. The fourth-order valence-electron chi connectivity index (χ4n) is 2.76. The number of nitrogens with one attached hydrogen (secondary N) is 2. The van der Waals surface area contributed by atoms with E-state index in [4.69, 9.17) is 0 Å². The molecule has 3 rings (SSSR count). The number of rotatable bonds is 6. The predicted octanol–water partition coefficient (Wildman–Crippen LogP) is 3.91. The third kappa shape index (κ3) is 6.92. The van der Waals surface area contributed by atoms with Crippen LogP contribution in [0.4, 0.5) is 0 Å². The molecule has 0 unspecified atom stereocenters. The Morgan fingerprint density at radius 3 is 1.18 bits per heavy atom. The van der Waals surface area contributed by atoms with Crippen molar-refractivity contribution in [2.75, 3.05) is 0 Å². The van der Waals surface area contributed by atoms with Crippen molar-refractivity contribution in [3.63, 3.8) is 0 Å². The van der Waals surface area contributed by atoms with Gasteiger partial charge in [0.15, 0.2) is 0 Å². The first-order valence-electron chi connectivity index (χ1n) is 10.4. The lowest BCUT2D eigenvalue weighted by molar-refractivity contribution is 0.474. The van der Waals surface area contributed by atoms with Gasteiger partial charge >= 0.3 is 0 Å². The highest BCUT2D eigenvalue weighted by Gasteiger charge is 2.03. The quantitative estimate of drug-likeness (QED) is 0.217. The molecule has 0 saturated heterocycles. The van der Waals surface area contributed by atoms with Gasteiger partial charge in [-0.25, -0.2) is 10.9 Å². The molecule has 0 aliphatic rings. The molecule has 0 aliphatic carbocycles. The Morgan fingerprint density at radius 2 is 0.824 bits per heavy atom.